The molecule has 0 bridgehead atoms. The van der Waals surface area contributed by atoms with Gasteiger partial charge in [-0.05, 0) is 55.3 Å². The van der Waals surface area contributed by atoms with E-state index in [1.807, 2.05) is 20.8 Å². The standard InChI is InChI=1S/C20H24N2O4/c1-4-25-17-10-8-15(9-11-17)19(23)21-22-20(24)16-6-5-7-18(12-16)26-13-14(2)3/h5-12,14H,4,13H2,1-3H3,(H,21,23)(H,22,24). The smallest absolute Gasteiger partial charge is 0.269 e. The molecule has 0 saturated carbocycles. The Hall–Kier alpha value is -3.02. The molecule has 6 nitrogen and oxygen atoms in total. The lowest BCUT2D eigenvalue weighted by Gasteiger charge is -2.11. The minimum atomic E-state index is -0.417. The summed E-state index contributed by atoms with van der Waals surface area (Å²) in [4.78, 5) is 24.3. The number of ether oxygens (including phenoxy) is 2. The van der Waals surface area contributed by atoms with E-state index in [9.17, 15) is 9.59 Å². The van der Waals surface area contributed by atoms with E-state index >= 15 is 0 Å². The van der Waals surface area contributed by atoms with E-state index in [2.05, 4.69) is 10.9 Å². The van der Waals surface area contributed by atoms with Crippen LogP contribution in [-0.4, -0.2) is 25.0 Å². The molecule has 2 aromatic rings. The molecule has 138 valence electrons. The summed E-state index contributed by atoms with van der Waals surface area (Å²) in [6.45, 7) is 7.11. The SMILES string of the molecule is CCOc1ccc(C(=O)NNC(=O)c2cccc(OCC(C)C)c2)cc1. The van der Waals surface area contributed by atoms with Crippen molar-refractivity contribution < 1.29 is 19.1 Å². The van der Waals surface area contributed by atoms with Crippen molar-refractivity contribution in [3.05, 3.63) is 59.7 Å². The first-order valence-corrected chi connectivity index (χ1v) is 8.56. The molecule has 2 rings (SSSR count). The highest BCUT2D eigenvalue weighted by Gasteiger charge is 2.10. The third-order valence-corrected chi connectivity index (χ3v) is 3.40. The highest BCUT2D eigenvalue weighted by molar-refractivity contribution is 5.99. The van der Waals surface area contributed by atoms with Crippen molar-refractivity contribution >= 4 is 11.8 Å². The Morgan fingerprint density at radius 1 is 0.885 bits per heavy atom. The second-order valence-corrected chi connectivity index (χ2v) is 6.10. The molecule has 0 atom stereocenters. The maximum Gasteiger partial charge on any atom is 0.269 e. The highest BCUT2D eigenvalue weighted by atomic mass is 16.5. The molecule has 2 amide bonds. The summed E-state index contributed by atoms with van der Waals surface area (Å²) < 4.78 is 10.9. The van der Waals surface area contributed by atoms with Crippen LogP contribution in [0.25, 0.3) is 0 Å². The number of carbonyl (C=O) groups is 2. The van der Waals surface area contributed by atoms with Crippen LogP contribution in [0.3, 0.4) is 0 Å². The average molecular weight is 356 g/mol. The predicted molar refractivity (Wildman–Crippen MR) is 99.3 cm³/mol. The van der Waals surface area contributed by atoms with Crippen LogP contribution in [-0.2, 0) is 0 Å². The summed E-state index contributed by atoms with van der Waals surface area (Å²) in [7, 11) is 0. The lowest BCUT2D eigenvalue weighted by molar-refractivity contribution is 0.0846. The monoisotopic (exact) mass is 356 g/mol. The lowest BCUT2D eigenvalue weighted by atomic mass is 10.2. The van der Waals surface area contributed by atoms with Crippen molar-refractivity contribution in [1.29, 1.82) is 0 Å². The molecule has 2 N–H and O–H groups in total. The largest absolute Gasteiger partial charge is 0.494 e. The van der Waals surface area contributed by atoms with E-state index in [0.717, 1.165) is 0 Å². The molecule has 26 heavy (non-hydrogen) atoms. The van der Waals surface area contributed by atoms with Crippen molar-refractivity contribution in [3.63, 3.8) is 0 Å². The van der Waals surface area contributed by atoms with E-state index < -0.39 is 11.8 Å². The molecule has 0 fully saturated rings. The van der Waals surface area contributed by atoms with Crippen LogP contribution in [0.2, 0.25) is 0 Å². The molecule has 6 heteroatoms. The van der Waals surface area contributed by atoms with Crippen LogP contribution in [0.4, 0.5) is 0 Å². The van der Waals surface area contributed by atoms with Gasteiger partial charge in [-0.2, -0.15) is 0 Å². The molecule has 0 aliphatic rings. The number of carbonyl (C=O) groups excluding carboxylic acids is 2. The summed E-state index contributed by atoms with van der Waals surface area (Å²) in [6.07, 6.45) is 0. The maximum absolute atomic E-state index is 12.2. The Balaban J connectivity index is 1.91. The van der Waals surface area contributed by atoms with Crippen LogP contribution >= 0.6 is 0 Å². The van der Waals surface area contributed by atoms with Crippen LogP contribution < -0.4 is 20.3 Å². The number of amides is 2. The van der Waals surface area contributed by atoms with Gasteiger partial charge in [-0.25, -0.2) is 0 Å². The molecule has 0 radical (unpaired) electrons. The molecular formula is C20H24N2O4. The molecule has 0 aliphatic heterocycles. The Bertz CT molecular complexity index is 742. The van der Waals surface area contributed by atoms with Crippen LogP contribution in [0.5, 0.6) is 11.5 Å². The Morgan fingerprint density at radius 3 is 2.15 bits per heavy atom. The topological polar surface area (TPSA) is 76.7 Å². The van der Waals surface area contributed by atoms with E-state index in [0.29, 0.717) is 41.8 Å². The second kappa shape index (κ2) is 9.46. The first kappa shape index (κ1) is 19.3. The van der Waals surface area contributed by atoms with Crippen molar-refractivity contribution in [2.75, 3.05) is 13.2 Å². The highest BCUT2D eigenvalue weighted by Crippen LogP contribution is 2.14. The number of rotatable bonds is 7. The van der Waals surface area contributed by atoms with Crippen LogP contribution in [0.15, 0.2) is 48.5 Å². The van der Waals surface area contributed by atoms with Gasteiger partial charge in [-0.3, -0.25) is 20.4 Å². The first-order valence-electron chi connectivity index (χ1n) is 8.56. The third-order valence-electron chi connectivity index (χ3n) is 3.40. The molecule has 0 heterocycles. The van der Waals surface area contributed by atoms with E-state index in [1.54, 1.807) is 48.5 Å². The summed E-state index contributed by atoms with van der Waals surface area (Å²) in [5.41, 5.74) is 5.62. The fourth-order valence-corrected chi connectivity index (χ4v) is 2.12. The van der Waals surface area contributed by atoms with Gasteiger partial charge in [0.15, 0.2) is 0 Å². The van der Waals surface area contributed by atoms with Gasteiger partial charge >= 0.3 is 0 Å². The molecule has 0 spiro atoms. The van der Waals surface area contributed by atoms with Crippen LogP contribution in [0, 0.1) is 5.92 Å². The molecule has 2 aromatic carbocycles. The Morgan fingerprint density at radius 2 is 1.54 bits per heavy atom. The fraction of sp³-hybridized carbons (Fsp3) is 0.300. The van der Waals surface area contributed by atoms with Gasteiger partial charge in [-0.1, -0.05) is 19.9 Å². The van der Waals surface area contributed by atoms with Gasteiger partial charge in [-0.15, -0.1) is 0 Å². The van der Waals surface area contributed by atoms with Crippen LogP contribution in [0.1, 0.15) is 41.5 Å². The summed E-state index contributed by atoms with van der Waals surface area (Å²) in [6, 6.07) is 13.5. The second-order valence-electron chi connectivity index (χ2n) is 6.10. The number of nitrogens with one attached hydrogen (secondary N) is 2. The molecular weight excluding hydrogens is 332 g/mol. The Kier molecular flexibility index (Phi) is 7.02. The van der Waals surface area contributed by atoms with Crippen molar-refractivity contribution in [2.24, 2.45) is 5.92 Å². The molecule has 0 aromatic heterocycles. The number of hydrogen-bond acceptors (Lipinski definition) is 4. The van der Waals surface area contributed by atoms with Gasteiger partial charge in [0.1, 0.15) is 11.5 Å². The van der Waals surface area contributed by atoms with Gasteiger partial charge in [0.25, 0.3) is 11.8 Å². The quantitative estimate of drug-likeness (QED) is 0.747. The zero-order valence-corrected chi connectivity index (χ0v) is 15.2. The predicted octanol–water partition coefficient (Wildman–Crippen LogP) is 3.19. The first-order chi connectivity index (χ1) is 12.5. The normalized spacial score (nSPS) is 10.3. The zero-order chi connectivity index (χ0) is 18.9. The van der Waals surface area contributed by atoms with E-state index in [-0.39, 0.29) is 0 Å². The fourth-order valence-electron chi connectivity index (χ4n) is 2.12. The van der Waals surface area contributed by atoms with Gasteiger partial charge in [0.2, 0.25) is 0 Å². The van der Waals surface area contributed by atoms with E-state index in [1.165, 1.54) is 0 Å². The number of hydrogen-bond donors (Lipinski definition) is 2. The molecule has 0 saturated heterocycles. The summed E-state index contributed by atoms with van der Waals surface area (Å²) >= 11 is 0. The Labute approximate surface area is 153 Å². The van der Waals surface area contributed by atoms with Crippen molar-refractivity contribution in [3.8, 4) is 11.5 Å². The van der Waals surface area contributed by atoms with Gasteiger partial charge in [0.05, 0.1) is 13.2 Å². The molecule has 0 unspecified atom stereocenters. The van der Waals surface area contributed by atoms with Gasteiger partial charge < -0.3 is 9.47 Å². The minimum absolute atomic E-state index is 0.390. The summed E-state index contributed by atoms with van der Waals surface area (Å²) in [5.74, 6) is 0.865. The number of hydrazine groups is 1. The molecule has 0 aliphatic carbocycles. The minimum Gasteiger partial charge on any atom is -0.494 e. The maximum atomic E-state index is 12.2. The summed E-state index contributed by atoms with van der Waals surface area (Å²) in [5, 5.41) is 0. The zero-order valence-electron chi connectivity index (χ0n) is 15.2. The third kappa shape index (κ3) is 5.81. The number of benzene rings is 2. The van der Waals surface area contributed by atoms with Crippen molar-refractivity contribution in [2.45, 2.75) is 20.8 Å². The average Bonchev–Trinajstić information content (AvgIpc) is 2.65. The van der Waals surface area contributed by atoms with E-state index in [4.69, 9.17) is 9.47 Å². The van der Waals surface area contributed by atoms with Crippen molar-refractivity contribution in [1.82, 2.24) is 10.9 Å². The lowest BCUT2D eigenvalue weighted by Crippen LogP contribution is -2.41. The van der Waals surface area contributed by atoms with Gasteiger partial charge in [0, 0.05) is 11.1 Å².